The summed E-state index contributed by atoms with van der Waals surface area (Å²) in [4.78, 5) is 26.9. The lowest BCUT2D eigenvalue weighted by Crippen LogP contribution is -2.19. The number of rotatable bonds is 7. The van der Waals surface area contributed by atoms with E-state index in [0.29, 0.717) is 17.2 Å². The predicted molar refractivity (Wildman–Crippen MR) is 129 cm³/mol. The number of nitrogens with one attached hydrogen (secondary N) is 1. The average molecular weight is 443 g/mol. The fourth-order valence-corrected chi connectivity index (χ4v) is 4.60. The average Bonchev–Trinajstić information content (AvgIpc) is 3.55. The molecule has 0 amide bonds. The lowest BCUT2D eigenvalue weighted by Gasteiger charge is -2.03. The lowest BCUT2D eigenvalue weighted by atomic mass is 10.1. The zero-order valence-corrected chi connectivity index (χ0v) is 18.4. The van der Waals surface area contributed by atoms with E-state index in [9.17, 15) is 4.79 Å². The molecular weight excluding hydrogens is 420 g/mol. The molecule has 160 valence electrons. The molecule has 2 aromatic carbocycles. The van der Waals surface area contributed by atoms with Crippen LogP contribution in [0.3, 0.4) is 0 Å². The minimum atomic E-state index is -0.140. The van der Waals surface area contributed by atoms with Crippen LogP contribution in [-0.2, 0) is 6.54 Å². The van der Waals surface area contributed by atoms with Crippen LogP contribution in [0.4, 0.5) is 0 Å². The third-order valence-electron chi connectivity index (χ3n) is 5.27. The van der Waals surface area contributed by atoms with Gasteiger partial charge < -0.3 is 4.57 Å². The summed E-state index contributed by atoms with van der Waals surface area (Å²) in [6.07, 6.45) is 6.37. The van der Waals surface area contributed by atoms with Gasteiger partial charge in [0, 0.05) is 36.8 Å². The first-order chi connectivity index (χ1) is 15.7. The number of imidazole rings is 1. The number of hydrogen-bond donors (Lipinski definition) is 1. The Morgan fingerprint density at radius 3 is 2.72 bits per heavy atom. The van der Waals surface area contributed by atoms with Crippen molar-refractivity contribution < 1.29 is 0 Å². The molecule has 0 aliphatic rings. The van der Waals surface area contributed by atoms with E-state index < -0.39 is 0 Å². The molecule has 0 fully saturated rings. The Balaban J connectivity index is 1.52. The van der Waals surface area contributed by atoms with Crippen molar-refractivity contribution in [1.29, 1.82) is 0 Å². The number of aryl methyl sites for hydroxylation is 1. The van der Waals surface area contributed by atoms with Crippen molar-refractivity contribution in [3.63, 3.8) is 0 Å². The fraction of sp³-hybridized carbons (Fsp3) is 0.167. The number of thiazole rings is 1. The highest BCUT2D eigenvalue weighted by atomic mass is 32.1. The molecule has 8 heteroatoms. The van der Waals surface area contributed by atoms with Gasteiger partial charge in [-0.1, -0.05) is 53.8 Å². The molecule has 32 heavy (non-hydrogen) atoms. The van der Waals surface area contributed by atoms with E-state index in [2.05, 4.69) is 15.1 Å². The molecular formula is C24H22N6OS. The first kappa shape index (κ1) is 20.1. The Morgan fingerprint density at radius 2 is 1.94 bits per heavy atom. The summed E-state index contributed by atoms with van der Waals surface area (Å²) < 4.78 is 4.60. The fourth-order valence-electron chi connectivity index (χ4n) is 3.68. The van der Waals surface area contributed by atoms with Crippen LogP contribution in [0.5, 0.6) is 0 Å². The Bertz CT molecular complexity index is 1390. The third kappa shape index (κ3) is 3.92. The summed E-state index contributed by atoms with van der Waals surface area (Å²) in [6, 6.07) is 17.8. The largest absolute Gasteiger partial charge is 0.337 e. The molecule has 0 atom stereocenters. The Hall–Kier alpha value is -3.78. The van der Waals surface area contributed by atoms with Gasteiger partial charge in [0.1, 0.15) is 0 Å². The highest BCUT2D eigenvalue weighted by Gasteiger charge is 2.20. The van der Waals surface area contributed by atoms with E-state index in [4.69, 9.17) is 4.99 Å². The number of aromatic amines is 1. The summed E-state index contributed by atoms with van der Waals surface area (Å²) in [5.74, 6) is 0. The van der Waals surface area contributed by atoms with Crippen molar-refractivity contribution in [2.24, 2.45) is 4.99 Å². The Labute approximate surface area is 188 Å². The summed E-state index contributed by atoms with van der Waals surface area (Å²) in [6.45, 7) is 3.37. The first-order valence-electron chi connectivity index (χ1n) is 10.4. The van der Waals surface area contributed by atoms with Crippen molar-refractivity contribution in [2.75, 3.05) is 6.54 Å². The maximum absolute atomic E-state index is 13.5. The van der Waals surface area contributed by atoms with Gasteiger partial charge in [0.15, 0.2) is 0 Å². The van der Waals surface area contributed by atoms with E-state index >= 15 is 0 Å². The van der Waals surface area contributed by atoms with Crippen LogP contribution >= 0.6 is 11.3 Å². The number of fused-ring (bicyclic) bond motifs is 1. The minimum absolute atomic E-state index is 0.140. The summed E-state index contributed by atoms with van der Waals surface area (Å²) in [5, 5.41) is 3.91. The maximum atomic E-state index is 13.5. The zero-order valence-electron chi connectivity index (χ0n) is 17.6. The molecule has 0 radical (unpaired) electrons. The van der Waals surface area contributed by atoms with Crippen molar-refractivity contribution in [1.82, 2.24) is 24.3 Å². The van der Waals surface area contributed by atoms with E-state index in [1.165, 1.54) is 16.0 Å². The van der Waals surface area contributed by atoms with Crippen molar-refractivity contribution in [2.45, 2.75) is 19.9 Å². The number of benzene rings is 2. The van der Waals surface area contributed by atoms with Gasteiger partial charge in [0.05, 0.1) is 27.8 Å². The summed E-state index contributed by atoms with van der Waals surface area (Å²) >= 11 is 1.49. The van der Waals surface area contributed by atoms with Crippen molar-refractivity contribution in [3.05, 3.63) is 89.2 Å². The predicted octanol–water partition coefficient (Wildman–Crippen LogP) is 4.54. The van der Waals surface area contributed by atoms with Crippen molar-refractivity contribution >= 4 is 27.3 Å². The number of para-hydroxylation sites is 1. The minimum Gasteiger partial charge on any atom is -0.337 e. The molecule has 0 bridgehead atoms. The highest BCUT2D eigenvalue weighted by Crippen LogP contribution is 2.26. The van der Waals surface area contributed by atoms with E-state index in [-0.39, 0.29) is 5.56 Å². The second kappa shape index (κ2) is 8.76. The molecule has 0 aliphatic heterocycles. The Morgan fingerprint density at radius 1 is 1.12 bits per heavy atom. The monoisotopic (exact) mass is 442 g/mol. The van der Waals surface area contributed by atoms with Gasteiger partial charge in [-0.3, -0.25) is 14.9 Å². The van der Waals surface area contributed by atoms with E-state index in [1.807, 2.05) is 72.3 Å². The van der Waals surface area contributed by atoms with E-state index in [1.54, 1.807) is 12.5 Å². The first-order valence-corrected chi connectivity index (χ1v) is 11.3. The van der Waals surface area contributed by atoms with Gasteiger partial charge in [-0.25, -0.2) is 9.97 Å². The molecule has 0 saturated heterocycles. The molecule has 1 N–H and O–H groups in total. The van der Waals surface area contributed by atoms with Gasteiger partial charge in [-0.05, 0) is 25.5 Å². The van der Waals surface area contributed by atoms with E-state index in [0.717, 1.165) is 40.2 Å². The van der Waals surface area contributed by atoms with Gasteiger partial charge in [-0.15, -0.1) is 0 Å². The molecule has 0 saturated carbocycles. The second-order valence-corrected chi connectivity index (χ2v) is 8.46. The summed E-state index contributed by atoms with van der Waals surface area (Å²) in [7, 11) is 0. The molecule has 0 aliphatic carbocycles. The number of nitrogens with zero attached hydrogens (tertiary/aromatic N) is 5. The van der Waals surface area contributed by atoms with Gasteiger partial charge in [0.25, 0.3) is 5.56 Å². The molecule has 3 heterocycles. The number of hydrogen-bond acceptors (Lipinski definition) is 5. The topological polar surface area (TPSA) is 80.9 Å². The summed E-state index contributed by atoms with van der Waals surface area (Å²) in [5.41, 5.74) is 3.73. The Kier molecular flexibility index (Phi) is 5.51. The SMILES string of the molecule is CC(=NCCCn1ccnc1)c1c(-c2ccccc2)[nH]n(-c2nc3ccccc3s2)c1=O. The van der Waals surface area contributed by atoms with Crippen LogP contribution in [0, 0.1) is 0 Å². The molecule has 0 spiro atoms. The van der Waals surface area contributed by atoms with Crippen LogP contribution in [-0.4, -0.2) is 36.6 Å². The number of aromatic nitrogens is 5. The quantitative estimate of drug-likeness (QED) is 0.297. The molecule has 0 unspecified atom stereocenters. The van der Waals surface area contributed by atoms with Crippen LogP contribution in [0.2, 0.25) is 0 Å². The third-order valence-corrected chi connectivity index (χ3v) is 6.29. The van der Waals surface area contributed by atoms with Crippen LogP contribution in [0.25, 0.3) is 26.6 Å². The van der Waals surface area contributed by atoms with Crippen LogP contribution in [0.1, 0.15) is 18.9 Å². The van der Waals surface area contributed by atoms with Gasteiger partial charge >= 0.3 is 0 Å². The second-order valence-electron chi connectivity index (χ2n) is 7.45. The molecule has 5 aromatic rings. The lowest BCUT2D eigenvalue weighted by molar-refractivity contribution is 0.651. The number of H-pyrrole nitrogens is 1. The highest BCUT2D eigenvalue weighted by molar-refractivity contribution is 7.20. The molecule has 7 nitrogen and oxygen atoms in total. The van der Waals surface area contributed by atoms with Gasteiger partial charge in [0.2, 0.25) is 5.13 Å². The number of aliphatic imine (C=N–C) groups is 1. The van der Waals surface area contributed by atoms with Gasteiger partial charge in [-0.2, -0.15) is 4.68 Å². The smallest absolute Gasteiger partial charge is 0.283 e. The zero-order chi connectivity index (χ0) is 21.9. The molecule has 5 rings (SSSR count). The molecule has 3 aromatic heterocycles. The van der Waals surface area contributed by atoms with Crippen LogP contribution in [0.15, 0.2) is 83.1 Å². The van der Waals surface area contributed by atoms with Crippen LogP contribution < -0.4 is 5.56 Å². The van der Waals surface area contributed by atoms with Crippen molar-refractivity contribution in [3.8, 4) is 16.4 Å². The standard InChI is InChI=1S/C24H22N6OS/c1-17(26-12-7-14-29-15-13-25-16-29)21-22(18-8-3-2-4-9-18)28-30(23(21)31)24-27-19-10-5-6-11-20(19)32-24/h2-6,8-11,13,15-16,28H,7,12,14H2,1H3. The maximum Gasteiger partial charge on any atom is 0.283 e. The normalized spacial score (nSPS) is 12.0.